The fourth-order valence-electron chi connectivity index (χ4n) is 4.32. The van der Waals surface area contributed by atoms with Crippen LogP contribution in [0.25, 0.3) is 0 Å². The van der Waals surface area contributed by atoms with Crippen molar-refractivity contribution in [2.75, 3.05) is 26.3 Å². The Balaban J connectivity index is 0.00000243. The zero-order valence-corrected chi connectivity index (χ0v) is 16.1. The normalized spacial score (nSPS) is 21.5. The van der Waals surface area contributed by atoms with E-state index in [1.165, 1.54) is 18.6 Å². The van der Waals surface area contributed by atoms with Crippen LogP contribution in [0, 0.1) is 11.2 Å². The molecular weight excluding hydrogens is 355 g/mol. The molecule has 2 aliphatic rings. The smallest absolute Gasteiger partial charge is 0.227 e. The van der Waals surface area contributed by atoms with Crippen LogP contribution in [0.15, 0.2) is 24.3 Å². The second-order valence-corrected chi connectivity index (χ2v) is 7.63. The molecule has 4 nitrogen and oxygen atoms in total. The van der Waals surface area contributed by atoms with Crippen LogP contribution >= 0.6 is 12.4 Å². The number of benzene rings is 1. The SMILES string of the molecule is Cl.NCC1(C(=O)NCC2(c3ccc(F)cc3)CCCCC2)CCOCC1. The summed E-state index contributed by atoms with van der Waals surface area (Å²) in [6, 6.07) is 6.79. The minimum absolute atomic E-state index is 0. The lowest BCUT2D eigenvalue weighted by molar-refractivity contribution is -0.136. The molecule has 1 saturated heterocycles. The summed E-state index contributed by atoms with van der Waals surface area (Å²) in [6.07, 6.45) is 6.92. The van der Waals surface area contributed by atoms with Gasteiger partial charge in [-0.2, -0.15) is 0 Å². The van der Waals surface area contributed by atoms with Gasteiger partial charge in [0.1, 0.15) is 5.82 Å². The van der Waals surface area contributed by atoms with E-state index < -0.39 is 5.41 Å². The molecule has 1 aromatic carbocycles. The van der Waals surface area contributed by atoms with Crippen LogP contribution in [0.2, 0.25) is 0 Å². The predicted octanol–water partition coefficient (Wildman–Crippen LogP) is 3.32. The van der Waals surface area contributed by atoms with Crippen molar-refractivity contribution in [3.63, 3.8) is 0 Å². The standard InChI is InChI=1S/C20H29FN2O2.ClH/c21-17-6-4-16(5-7-17)20(8-2-1-3-9-20)15-23-18(24)19(14-22)10-12-25-13-11-19;/h4-7H,1-3,8-15,22H2,(H,23,24);1H. The molecule has 3 rings (SSSR count). The van der Waals surface area contributed by atoms with Crippen LogP contribution < -0.4 is 11.1 Å². The molecule has 146 valence electrons. The van der Waals surface area contributed by atoms with Gasteiger partial charge in [-0.1, -0.05) is 31.4 Å². The molecule has 2 fully saturated rings. The van der Waals surface area contributed by atoms with Gasteiger partial charge in [-0.15, -0.1) is 12.4 Å². The Morgan fingerprint density at radius 1 is 1.08 bits per heavy atom. The Morgan fingerprint density at radius 2 is 1.69 bits per heavy atom. The summed E-state index contributed by atoms with van der Waals surface area (Å²) in [7, 11) is 0. The first-order valence-corrected chi connectivity index (χ1v) is 9.42. The molecule has 0 radical (unpaired) electrons. The number of rotatable bonds is 5. The van der Waals surface area contributed by atoms with E-state index in [2.05, 4.69) is 5.32 Å². The lowest BCUT2D eigenvalue weighted by Crippen LogP contribution is -2.52. The van der Waals surface area contributed by atoms with E-state index in [0.29, 0.717) is 39.1 Å². The van der Waals surface area contributed by atoms with Crippen molar-refractivity contribution in [3.8, 4) is 0 Å². The number of nitrogens with one attached hydrogen (secondary N) is 1. The van der Waals surface area contributed by atoms with Crippen molar-refractivity contribution in [1.29, 1.82) is 0 Å². The fraction of sp³-hybridized carbons (Fsp3) is 0.650. The van der Waals surface area contributed by atoms with E-state index in [1.807, 2.05) is 12.1 Å². The van der Waals surface area contributed by atoms with Gasteiger partial charge in [-0.05, 0) is 43.4 Å². The van der Waals surface area contributed by atoms with E-state index in [-0.39, 0.29) is 29.5 Å². The molecule has 0 atom stereocenters. The minimum atomic E-state index is -0.503. The van der Waals surface area contributed by atoms with Gasteiger partial charge in [0.2, 0.25) is 5.91 Å². The number of nitrogens with two attached hydrogens (primary N) is 1. The third-order valence-corrected chi connectivity index (χ3v) is 6.18. The number of carbonyl (C=O) groups excluding carboxylic acids is 1. The molecule has 1 aromatic rings. The van der Waals surface area contributed by atoms with E-state index in [9.17, 15) is 9.18 Å². The molecule has 1 aliphatic carbocycles. The van der Waals surface area contributed by atoms with Crippen LogP contribution in [0.5, 0.6) is 0 Å². The fourth-order valence-corrected chi connectivity index (χ4v) is 4.32. The molecular formula is C20H30ClFN2O2. The lowest BCUT2D eigenvalue weighted by atomic mass is 9.69. The minimum Gasteiger partial charge on any atom is -0.381 e. The average molecular weight is 385 g/mol. The Bertz CT molecular complexity index is 582. The summed E-state index contributed by atoms with van der Waals surface area (Å²) >= 11 is 0. The number of hydrogen-bond donors (Lipinski definition) is 2. The number of halogens is 2. The molecule has 26 heavy (non-hydrogen) atoms. The largest absolute Gasteiger partial charge is 0.381 e. The monoisotopic (exact) mass is 384 g/mol. The van der Waals surface area contributed by atoms with Gasteiger partial charge in [-0.25, -0.2) is 4.39 Å². The Hall–Kier alpha value is -1.17. The van der Waals surface area contributed by atoms with Crippen molar-refractivity contribution in [1.82, 2.24) is 5.32 Å². The lowest BCUT2D eigenvalue weighted by Gasteiger charge is -2.40. The summed E-state index contributed by atoms with van der Waals surface area (Å²) < 4.78 is 18.7. The maximum Gasteiger partial charge on any atom is 0.227 e. The van der Waals surface area contributed by atoms with Gasteiger partial charge < -0.3 is 15.8 Å². The topological polar surface area (TPSA) is 64.4 Å². The zero-order chi connectivity index (χ0) is 17.8. The van der Waals surface area contributed by atoms with Gasteiger partial charge >= 0.3 is 0 Å². The van der Waals surface area contributed by atoms with Crippen molar-refractivity contribution in [2.24, 2.45) is 11.1 Å². The van der Waals surface area contributed by atoms with Crippen LogP contribution in [0.3, 0.4) is 0 Å². The first-order valence-electron chi connectivity index (χ1n) is 9.42. The molecule has 1 aliphatic heterocycles. The molecule has 0 spiro atoms. The highest BCUT2D eigenvalue weighted by Crippen LogP contribution is 2.39. The highest BCUT2D eigenvalue weighted by atomic mass is 35.5. The van der Waals surface area contributed by atoms with E-state index in [0.717, 1.165) is 31.2 Å². The van der Waals surface area contributed by atoms with Gasteiger partial charge in [0, 0.05) is 31.7 Å². The molecule has 0 aromatic heterocycles. The average Bonchev–Trinajstić information content (AvgIpc) is 2.68. The summed E-state index contributed by atoms with van der Waals surface area (Å²) in [5, 5.41) is 3.20. The number of amides is 1. The highest BCUT2D eigenvalue weighted by molar-refractivity contribution is 5.85. The zero-order valence-electron chi connectivity index (χ0n) is 15.3. The van der Waals surface area contributed by atoms with Gasteiger partial charge in [-0.3, -0.25) is 4.79 Å². The van der Waals surface area contributed by atoms with E-state index >= 15 is 0 Å². The van der Waals surface area contributed by atoms with Crippen LogP contribution in [-0.4, -0.2) is 32.2 Å². The summed E-state index contributed by atoms with van der Waals surface area (Å²) in [5.74, 6) is -0.173. The Labute approximate surface area is 161 Å². The summed E-state index contributed by atoms with van der Waals surface area (Å²) in [5.41, 5.74) is 6.48. The van der Waals surface area contributed by atoms with E-state index in [4.69, 9.17) is 10.5 Å². The Kier molecular flexibility index (Phi) is 7.44. The van der Waals surface area contributed by atoms with Gasteiger partial charge in [0.05, 0.1) is 5.41 Å². The van der Waals surface area contributed by atoms with Crippen LogP contribution in [-0.2, 0) is 14.9 Å². The number of hydrogen-bond acceptors (Lipinski definition) is 3. The number of ether oxygens (including phenoxy) is 1. The highest BCUT2D eigenvalue weighted by Gasteiger charge is 2.41. The van der Waals surface area contributed by atoms with E-state index in [1.54, 1.807) is 0 Å². The molecule has 3 N–H and O–H groups in total. The van der Waals surface area contributed by atoms with Crippen molar-refractivity contribution >= 4 is 18.3 Å². The van der Waals surface area contributed by atoms with Crippen LogP contribution in [0.4, 0.5) is 4.39 Å². The molecule has 0 bridgehead atoms. The molecule has 1 amide bonds. The van der Waals surface area contributed by atoms with Crippen molar-refractivity contribution in [2.45, 2.75) is 50.4 Å². The summed E-state index contributed by atoms with van der Waals surface area (Å²) in [4.78, 5) is 12.9. The first kappa shape index (κ1) is 21.1. The van der Waals surface area contributed by atoms with Crippen LogP contribution in [0.1, 0.15) is 50.5 Å². The third-order valence-electron chi connectivity index (χ3n) is 6.18. The second-order valence-electron chi connectivity index (χ2n) is 7.63. The van der Waals surface area contributed by atoms with Crippen molar-refractivity contribution < 1.29 is 13.9 Å². The number of carbonyl (C=O) groups is 1. The quantitative estimate of drug-likeness (QED) is 0.818. The van der Waals surface area contributed by atoms with Gasteiger partial charge in [0.15, 0.2) is 0 Å². The maximum absolute atomic E-state index is 13.3. The summed E-state index contributed by atoms with van der Waals surface area (Å²) in [6.45, 7) is 2.13. The molecule has 1 heterocycles. The third kappa shape index (κ3) is 4.38. The second kappa shape index (κ2) is 9.16. The molecule has 1 saturated carbocycles. The van der Waals surface area contributed by atoms with Crippen molar-refractivity contribution in [3.05, 3.63) is 35.6 Å². The maximum atomic E-state index is 13.3. The Morgan fingerprint density at radius 3 is 2.27 bits per heavy atom. The first-order chi connectivity index (χ1) is 12.1. The van der Waals surface area contributed by atoms with Gasteiger partial charge in [0.25, 0.3) is 0 Å². The predicted molar refractivity (Wildman–Crippen MR) is 103 cm³/mol. The molecule has 0 unspecified atom stereocenters. The molecule has 6 heteroatoms.